The van der Waals surface area contributed by atoms with Crippen molar-refractivity contribution >= 4 is 38.9 Å². The maximum Gasteiger partial charge on any atom is 0.132 e. The number of aliphatic hydroxyl groups excluding tert-OH is 1. The second-order valence-corrected chi connectivity index (χ2v) is 5.84. The lowest BCUT2D eigenvalue weighted by Gasteiger charge is -2.13. The molecule has 2 aromatic rings. The van der Waals surface area contributed by atoms with Gasteiger partial charge in [-0.3, -0.25) is 4.68 Å². The largest absolute Gasteiger partial charge is 0.383 e. The molecule has 98 valence electrons. The van der Waals surface area contributed by atoms with E-state index in [4.69, 9.17) is 16.3 Å². The Kier molecular flexibility index (Phi) is 4.80. The van der Waals surface area contributed by atoms with Gasteiger partial charge in [0.25, 0.3) is 0 Å². The monoisotopic (exact) mass is 350 g/mol. The standard InChI is InChI=1S/C11H12BrClN2O2S/c1-17-4-3-15-9(7(12)6-14-15)10(16)11-8(13)2-5-18-11/h2,5-6,10,16H,3-4H2,1H3. The van der Waals surface area contributed by atoms with Crippen LogP contribution in [0.15, 0.2) is 22.1 Å². The Morgan fingerprint density at radius 2 is 2.44 bits per heavy atom. The SMILES string of the molecule is COCCn1ncc(Br)c1C(O)c1sccc1Cl. The molecule has 1 unspecified atom stereocenters. The van der Waals surface area contributed by atoms with Crippen LogP contribution in [-0.2, 0) is 11.3 Å². The molecule has 1 N–H and O–H groups in total. The molecular weight excluding hydrogens is 340 g/mol. The average Bonchev–Trinajstić information content (AvgIpc) is 2.92. The summed E-state index contributed by atoms with van der Waals surface area (Å²) in [5.74, 6) is 0. The summed E-state index contributed by atoms with van der Waals surface area (Å²) in [6.45, 7) is 1.11. The van der Waals surface area contributed by atoms with Crippen LogP contribution >= 0.6 is 38.9 Å². The van der Waals surface area contributed by atoms with Crippen LogP contribution in [0, 0.1) is 0 Å². The van der Waals surface area contributed by atoms with Gasteiger partial charge in [-0.1, -0.05) is 11.6 Å². The first-order valence-corrected chi connectivity index (χ1v) is 7.31. The van der Waals surface area contributed by atoms with E-state index >= 15 is 0 Å². The van der Waals surface area contributed by atoms with Crippen molar-refractivity contribution in [1.29, 1.82) is 0 Å². The number of hydrogen-bond acceptors (Lipinski definition) is 4. The molecule has 0 bridgehead atoms. The molecule has 0 spiro atoms. The molecule has 0 saturated carbocycles. The molecule has 0 aliphatic carbocycles. The van der Waals surface area contributed by atoms with Gasteiger partial charge in [0.2, 0.25) is 0 Å². The zero-order chi connectivity index (χ0) is 13.1. The summed E-state index contributed by atoms with van der Waals surface area (Å²) in [6, 6.07) is 1.77. The molecule has 7 heteroatoms. The van der Waals surface area contributed by atoms with Crippen LogP contribution in [0.3, 0.4) is 0 Å². The van der Waals surface area contributed by atoms with Crippen molar-refractivity contribution in [3.8, 4) is 0 Å². The number of aliphatic hydroxyl groups is 1. The van der Waals surface area contributed by atoms with Crippen molar-refractivity contribution in [3.63, 3.8) is 0 Å². The van der Waals surface area contributed by atoms with Gasteiger partial charge < -0.3 is 9.84 Å². The van der Waals surface area contributed by atoms with E-state index in [1.54, 1.807) is 24.1 Å². The fraction of sp³-hybridized carbons (Fsp3) is 0.364. The molecule has 18 heavy (non-hydrogen) atoms. The van der Waals surface area contributed by atoms with Gasteiger partial charge in [0.15, 0.2) is 0 Å². The van der Waals surface area contributed by atoms with Crippen LogP contribution in [0.2, 0.25) is 5.02 Å². The molecule has 4 nitrogen and oxygen atoms in total. The Morgan fingerprint density at radius 1 is 1.67 bits per heavy atom. The van der Waals surface area contributed by atoms with Crippen molar-refractivity contribution in [1.82, 2.24) is 9.78 Å². The molecular formula is C11H12BrClN2O2S. The van der Waals surface area contributed by atoms with E-state index in [2.05, 4.69) is 21.0 Å². The zero-order valence-electron chi connectivity index (χ0n) is 9.64. The minimum Gasteiger partial charge on any atom is -0.383 e. The predicted octanol–water partition coefficient (Wildman–Crippen LogP) is 3.09. The highest BCUT2D eigenvalue weighted by atomic mass is 79.9. The van der Waals surface area contributed by atoms with Crippen LogP contribution < -0.4 is 0 Å². The maximum atomic E-state index is 10.4. The number of halogens is 2. The van der Waals surface area contributed by atoms with Crippen molar-refractivity contribution < 1.29 is 9.84 Å². The Labute approximate surface area is 122 Å². The van der Waals surface area contributed by atoms with Crippen molar-refractivity contribution in [2.24, 2.45) is 0 Å². The average molecular weight is 352 g/mol. The van der Waals surface area contributed by atoms with Gasteiger partial charge in [-0.15, -0.1) is 11.3 Å². The lowest BCUT2D eigenvalue weighted by atomic mass is 10.2. The molecule has 0 saturated heterocycles. The van der Waals surface area contributed by atoms with E-state index in [9.17, 15) is 5.11 Å². The number of aromatic nitrogens is 2. The first-order valence-electron chi connectivity index (χ1n) is 5.26. The Morgan fingerprint density at radius 3 is 3.06 bits per heavy atom. The number of nitrogens with zero attached hydrogens (tertiary/aromatic N) is 2. The third kappa shape index (κ3) is 2.78. The van der Waals surface area contributed by atoms with Gasteiger partial charge in [-0.2, -0.15) is 5.10 Å². The summed E-state index contributed by atoms with van der Waals surface area (Å²) >= 11 is 10.9. The second-order valence-electron chi connectivity index (χ2n) is 3.63. The first kappa shape index (κ1) is 14.0. The van der Waals surface area contributed by atoms with Gasteiger partial charge >= 0.3 is 0 Å². The molecule has 2 heterocycles. The third-order valence-electron chi connectivity index (χ3n) is 2.49. The summed E-state index contributed by atoms with van der Waals surface area (Å²) < 4.78 is 7.50. The molecule has 2 aromatic heterocycles. The summed E-state index contributed by atoms with van der Waals surface area (Å²) in [4.78, 5) is 0.719. The van der Waals surface area contributed by atoms with Gasteiger partial charge in [0, 0.05) is 7.11 Å². The van der Waals surface area contributed by atoms with Crippen LogP contribution in [0.25, 0.3) is 0 Å². The van der Waals surface area contributed by atoms with Crippen LogP contribution in [0.5, 0.6) is 0 Å². The number of rotatable bonds is 5. The Balaban J connectivity index is 2.32. The topological polar surface area (TPSA) is 47.3 Å². The third-order valence-corrected chi connectivity index (χ3v) is 4.51. The molecule has 2 rings (SSSR count). The van der Waals surface area contributed by atoms with Crippen molar-refractivity contribution in [2.45, 2.75) is 12.6 Å². The summed E-state index contributed by atoms with van der Waals surface area (Å²) in [7, 11) is 1.63. The van der Waals surface area contributed by atoms with Crippen LogP contribution in [0.1, 0.15) is 16.7 Å². The van der Waals surface area contributed by atoms with E-state index in [-0.39, 0.29) is 0 Å². The number of hydrogen-bond donors (Lipinski definition) is 1. The fourth-order valence-corrected chi connectivity index (χ4v) is 3.28. The van der Waals surface area contributed by atoms with Gasteiger partial charge in [0.1, 0.15) is 6.10 Å². The molecule has 0 radical (unpaired) electrons. The van der Waals surface area contributed by atoms with Gasteiger partial charge in [-0.25, -0.2) is 0 Å². The Hall–Kier alpha value is -0.400. The van der Waals surface area contributed by atoms with Crippen LogP contribution in [-0.4, -0.2) is 28.6 Å². The van der Waals surface area contributed by atoms with E-state index in [0.29, 0.717) is 23.9 Å². The number of methoxy groups -OCH3 is 1. The zero-order valence-corrected chi connectivity index (χ0v) is 12.8. The van der Waals surface area contributed by atoms with Crippen LogP contribution in [0.4, 0.5) is 0 Å². The Bertz CT molecular complexity index is 529. The van der Waals surface area contributed by atoms with Crippen molar-refractivity contribution in [3.05, 3.63) is 37.7 Å². The maximum absolute atomic E-state index is 10.4. The molecule has 0 aromatic carbocycles. The van der Waals surface area contributed by atoms with E-state index in [0.717, 1.165) is 9.35 Å². The quantitative estimate of drug-likeness (QED) is 0.900. The molecule has 0 fully saturated rings. The van der Waals surface area contributed by atoms with E-state index in [1.807, 2.05) is 5.38 Å². The summed E-state index contributed by atoms with van der Waals surface area (Å²) in [5, 5.41) is 17.0. The van der Waals surface area contributed by atoms with Gasteiger partial charge in [0.05, 0.1) is 39.4 Å². The highest BCUT2D eigenvalue weighted by Gasteiger charge is 2.22. The first-order chi connectivity index (χ1) is 8.65. The van der Waals surface area contributed by atoms with Crippen molar-refractivity contribution in [2.75, 3.05) is 13.7 Å². The highest BCUT2D eigenvalue weighted by molar-refractivity contribution is 9.10. The predicted molar refractivity (Wildman–Crippen MR) is 75.2 cm³/mol. The normalized spacial score (nSPS) is 12.9. The fourth-order valence-electron chi connectivity index (χ4n) is 1.62. The second kappa shape index (κ2) is 6.16. The lowest BCUT2D eigenvalue weighted by molar-refractivity contribution is 0.172. The number of thiophene rings is 1. The smallest absolute Gasteiger partial charge is 0.132 e. The van der Waals surface area contributed by atoms with E-state index in [1.165, 1.54) is 11.3 Å². The molecule has 0 aliphatic heterocycles. The lowest BCUT2D eigenvalue weighted by Crippen LogP contribution is -2.13. The summed E-state index contributed by atoms with van der Waals surface area (Å²) in [6.07, 6.45) is 0.877. The highest BCUT2D eigenvalue weighted by Crippen LogP contribution is 2.35. The molecule has 0 aliphatic rings. The number of ether oxygens (including phenoxy) is 1. The molecule has 0 amide bonds. The van der Waals surface area contributed by atoms with Gasteiger partial charge in [-0.05, 0) is 27.4 Å². The minimum atomic E-state index is -0.786. The van der Waals surface area contributed by atoms with E-state index < -0.39 is 6.10 Å². The summed E-state index contributed by atoms with van der Waals surface area (Å²) in [5.41, 5.74) is 0.691. The molecule has 1 atom stereocenters. The minimum absolute atomic E-state index is 0.534.